The van der Waals surface area contributed by atoms with Crippen molar-refractivity contribution in [3.8, 4) is 0 Å². The maximum Gasteiger partial charge on any atom is 0.242 e. The molecule has 1 fully saturated rings. The zero-order valence-corrected chi connectivity index (χ0v) is 14.1. The summed E-state index contributed by atoms with van der Waals surface area (Å²) in [6.45, 7) is 9.42. The average molecular weight is 309 g/mol. The molecular formula is C17H25ClN2O. The van der Waals surface area contributed by atoms with Crippen molar-refractivity contribution in [3.05, 3.63) is 29.3 Å². The van der Waals surface area contributed by atoms with E-state index in [0.29, 0.717) is 0 Å². The molecule has 1 unspecified atom stereocenters. The number of carbonyl (C=O) groups excluding carboxylic acids is 1. The monoisotopic (exact) mass is 308 g/mol. The lowest BCUT2D eigenvalue weighted by Crippen LogP contribution is -2.49. The number of benzene rings is 1. The Morgan fingerprint density at radius 2 is 1.95 bits per heavy atom. The number of halogens is 1. The Bertz CT molecular complexity index is 493. The highest BCUT2D eigenvalue weighted by Crippen LogP contribution is 2.27. The van der Waals surface area contributed by atoms with Gasteiger partial charge in [0, 0.05) is 23.3 Å². The van der Waals surface area contributed by atoms with Crippen molar-refractivity contribution in [1.82, 2.24) is 5.32 Å². The van der Waals surface area contributed by atoms with Crippen LogP contribution < -0.4 is 10.2 Å². The van der Waals surface area contributed by atoms with Gasteiger partial charge in [0.05, 0.1) is 0 Å². The Hall–Kier alpha value is -1.22. The maximum absolute atomic E-state index is 12.6. The molecule has 1 N–H and O–H groups in total. The summed E-state index contributed by atoms with van der Waals surface area (Å²) in [6, 6.07) is 7.81. The summed E-state index contributed by atoms with van der Waals surface area (Å²) >= 11 is 5.94. The predicted molar refractivity (Wildman–Crippen MR) is 88.9 cm³/mol. The van der Waals surface area contributed by atoms with E-state index in [1.807, 2.05) is 24.3 Å². The highest BCUT2D eigenvalue weighted by molar-refractivity contribution is 6.30. The molecule has 4 heteroatoms. The van der Waals surface area contributed by atoms with Crippen molar-refractivity contribution in [2.24, 2.45) is 5.41 Å². The lowest BCUT2D eigenvalue weighted by Gasteiger charge is -2.32. The summed E-state index contributed by atoms with van der Waals surface area (Å²) in [5.41, 5.74) is 1.14. The van der Waals surface area contributed by atoms with E-state index in [-0.39, 0.29) is 23.4 Å². The standard InChI is InChI=1S/C17H25ClN2O/c1-12(17(2,3)4)19-16(21)15-6-5-11-20(15)14-9-7-13(18)8-10-14/h7-10,12,15H,5-6,11H2,1-4H3,(H,19,21)/t12?,15-/m0/s1. The van der Waals surface area contributed by atoms with Crippen LogP contribution in [0.25, 0.3) is 0 Å². The highest BCUT2D eigenvalue weighted by atomic mass is 35.5. The second-order valence-electron chi connectivity index (χ2n) is 6.92. The molecule has 2 atom stereocenters. The van der Waals surface area contributed by atoms with Crippen LogP contribution in [0, 0.1) is 5.41 Å². The summed E-state index contributed by atoms with van der Waals surface area (Å²) in [5, 5.41) is 3.89. The number of nitrogens with zero attached hydrogens (tertiary/aromatic N) is 1. The molecule has 0 saturated carbocycles. The van der Waals surface area contributed by atoms with Gasteiger partial charge in [-0.05, 0) is 49.4 Å². The zero-order valence-electron chi connectivity index (χ0n) is 13.3. The van der Waals surface area contributed by atoms with E-state index in [2.05, 4.69) is 37.9 Å². The van der Waals surface area contributed by atoms with Crippen molar-refractivity contribution in [3.63, 3.8) is 0 Å². The van der Waals surface area contributed by atoms with E-state index >= 15 is 0 Å². The van der Waals surface area contributed by atoms with E-state index in [0.717, 1.165) is 30.1 Å². The third-order valence-corrected chi connectivity index (χ3v) is 4.62. The van der Waals surface area contributed by atoms with Crippen molar-refractivity contribution in [2.75, 3.05) is 11.4 Å². The second-order valence-corrected chi connectivity index (χ2v) is 7.36. The fourth-order valence-electron chi connectivity index (χ4n) is 2.51. The van der Waals surface area contributed by atoms with E-state index in [4.69, 9.17) is 11.6 Å². The van der Waals surface area contributed by atoms with E-state index in [1.54, 1.807) is 0 Å². The van der Waals surface area contributed by atoms with Gasteiger partial charge in [-0.1, -0.05) is 32.4 Å². The fourth-order valence-corrected chi connectivity index (χ4v) is 2.63. The molecule has 0 aromatic heterocycles. The molecule has 1 aliphatic heterocycles. The van der Waals surface area contributed by atoms with Crippen LogP contribution in [0.15, 0.2) is 24.3 Å². The fraction of sp³-hybridized carbons (Fsp3) is 0.588. The van der Waals surface area contributed by atoms with Crippen LogP contribution in [0.2, 0.25) is 5.02 Å². The minimum Gasteiger partial charge on any atom is -0.360 e. The maximum atomic E-state index is 12.6. The molecule has 0 aliphatic carbocycles. The summed E-state index contributed by atoms with van der Waals surface area (Å²) in [4.78, 5) is 14.8. The first-order valence-corrected chi connectivity index (χ1v) is 7.99. The minimum absolute atomic E-state index is 0.0688. The molecule has 1 saturated heterocycles. The predicted octanol–water partition coefficient (Wildman–Crippen LogP) is 3.86. The molecule has 116 valence electrons. The molecule has 0 spiro atoms. The molecule has 21 heavy (non-hydrogen) atoms. The van der Waals surface area contributed by atoms with E-state index in [9.17, 15) is 4.79 Å². The Kier molecular flexibility index (Phi) is 4.82. The minimum atomic E-state index is -0.0732. The molecule has 0 radical (unpaired) electrons. The van der Waals surface area contributed by atoms with Crippen LogP contribution in [-0.2, 0) is 4.79 Å². The van der Waals surface area contributed by atoms with Gasteiger partial charge in [0.25, 0.3) is 0 Å². The van der Waals surface area contributed by atoms with Gasteiger partial charge in [-0.15, -0.1) is 0 Å². The lowest BCUT2D eigenvalue weighted by molar-refractivity contribution is -0.123. The van der Waals surface area contributed by atoms with Gasteiger partial charge in [0.15, 0.2) is 0 Å². The molecule has 1 aromatic carbocycles. The summed E-state index contributed by atoms with van der Waals surface area (Å²) in [5.74, 6) is 0.130. The number of rotatable bonds is 3. The molecule has 1 heterocycles. The van der Waals surface area contributed by atoms with E-state index in [1.165, 1.54) is 0 Å². The SMILES string of the molecule is CC(NC(=O)[C@@H]1CCCN1c1ccc(Cl)cc1)C(C)(C)C. The summed E-state index contributed by atoms with van der Waals surface area (Å²) in [7, 11) is 0. The topological polar surface area (TPSA) is 32.3 Å². The van der Waals surface area contributed by atoms with Gasteiger partial charge in [0.2, 0.25) is 5.91 Å². The normalized spacial score (nSPS) is 20.4. The van der Waals surface area contributed by atoms with Gasteiger partial charge < -0.3 is 10.2 Å². The quantitative estimate of drug-likeness (QED) is 0.919. The Labute approximate surface area is 132 Å². The smallest absolute Gasteiger partial charge is 0.242 e. The highest BCUT2D eigenvalue weighted by Gasteiger charge is 2.33. The third kappa shape index (κ3) is 3.91. The van der Waals surface area contributed by atoms with Crippen LogP contribution in [0.1, 0.15) is 40.5 Å². The zero-order chi connectivity index (χ0) is 15.6. The van der Waals surface area contributed by atoms with Crippen molar-refractivity contribution in [2.45, 2.75) is 52.6 Å². The first-order valence-electron chi connectivity index (χ1n) is 7.61. The van der Waals surface area contributed by atoms with Gasteiger partial charge in [0.1, 0.15) is 6.04 Å². The number of amides is 1. The summed E-state index contributed by atoms with van der Waals surface area (Å²) < 4.78 is 0. The number of nitrogens with one attached hydrogen (secondary N) is 1. The molecule has 1 amide bonds. The Morgan fingerprint density at radius 3 is 2.52 bits per heavy atom. The van der Waals surface area contributed by atoms with Crippen LogP contribution in [-0.4, -0.2) is 24.5 Å². The molecule has 2 rings (SSSR count). The van der Waals surface area contributed by atoms with Gasteiger partial charge in [-0.25, -0.2) is 0 Å². The van der Waals surface area contributed by atoms with E-state index < -0.39 is 0 Å². The number of carbonyl (C=O) groups is 1. The first kappa shape index (κ1) is 16.2. The molecule has 3 nitrogen and oxygen atoms in total. The third-order valence-electron chi connectivity index (χ3n) is 4.37. The second kappa shape index (κ2) is 6.27. The average Bonchev–Trinajstić information content (AvgIpc) is 2.87. The Morgan fingerprint density at radius 1 is 1.33 bits per heavy atom. The number of hydrogen-bond acceptors (Lipinski definition) is 2. The van der Waals surface area contributed by atoms with Gasteiger partial charge in [-0.2, -0.15) is 0 Å². The van der Waals surface area contributed by atoms with Crippen LogP contribution in [0.3, 0.4) is 0 Å². The number of hydrogen-bond donors (Lipinski definition) is 1. The number of anilines is 1. The van der Waals surface area contributed by atoms with Crippen molar-refractivity contribution >= 4 is 23.2 Å². The van der Waals surface area contributed by atoms with Crippen molar-refractivity contribution < 1.29 is 4.79 Å². The molecule has 1 aliphatic rings. The van der Waals surface area contributed by atoms with Gasteiger partial charge in [-0.3, -0.25) is 4.79 Å². The van der Waals surface area contributed by atoms with Crippen LogP contribution in [0.5, 0.6) is 0 Å². The molecule has 0 bridgehead atoms. The van der Waals surface area contributed by atoms with Crippen LogP contribution >= 0.6 is 11.6 Å². The summed E-state index contributed by atoms with van der Waals surface area (Å²) in [6.07, 6.45) is 1.95. The Balaban J connectivity index is 2.08. The van der Waals surface area contributed by atoms with Gasteiger partial charge >= 0.3 is 0 Å². The molecular weight excluding hydrogens is 284 g/mol. The lowest BCUT2D eigenvalue weighted by atomic mass is 9.88. The van der Waals surface area contributed by atoms with Crippen molar-refractivity contribution in [1.29, 1.82) is 0 Å². The first-order chi connectivity index (χ1) is 9.79. The largest absolute Gasteiger partial charge is 0.360 e. The molecule has 1 aromatic rings. The van der Waals surface area contributed by atoms with Crippen LogP contribution in [0.4, 0.5) is 5.69 Å².